The summed E-state index contributed by atoms with van der Waals surface area (Å²) < 4.78 is 11.7. The van der Waals surface area contributed by atoms with Gasteiger partial charge in [-0.3, -0.25) is 0 Å². The molecule has 104 valence electrons. The summed E-state index contributed by atoms with van der Waals surface area (Å²) in [7, 11) is 0. The highest BCUT2D eigenvalue weighted by Gasteiger charge is 2.53. The van der Waals surface area contributed by atoms with Gasteiger partial charge < -0.3 is 9.47 Å². The van der Waals surface area contributed by atoms with Crippen LogP contribution in [0.3, 0.4) is 0 Å². The maximum Gasteiger partial charge on any atom is 0.125 e. The molecule has 3 nitrogen and oxygen atoms in total. The van der Waals surface area contributed by atoms with Gasteiger partial charge in [-0.2, -0.15) is 5.26 Å². The summed E-state index contributed by atoms with van der Waals surface area (Å²) >= 11 is 6.21. The third kappa shape index (κ3) is 1.75. The van der Waals surface area contributed by atoms with Gasteiger partial charge in [-0.15, -0.1) is 0 Å². The van der Waals surface area contributed by atoms with Gasteiger partial charge in [0.15, 0.2) is 0 Å². The molecule has 4 rings (SSSR count). The zero-order valence-electron chi connectivity index (χ0n) is 11.2. The lowest BCUT2D eigenvalue weighted by molar-refractivity contribution is 0.0786. The summed E-state index contributed by atoms with van der Waals surface area (Å²) in [6.45, 7) is 0.713. The Morgan fingerprint density at radius 2 is 2.30 bits per heavy atom. The molecule has 4 heteroatoms. The molecule has 0 spiro atoms. The number of benzene rings is 1. The highest BCUT2D eigenvalue weighted by atomic mass is 35.5. The van der Waals surface area contributed by atoms with Crippen LogP contribution >= 0.6 is 11.6 Å². The van der Waals surface area contributed by atoms with Crippen LogP contribution in [0.15, 0.2) is 12.1 Å². The average Bonchev–Trinajstić information content (AvgIpc) is 3.12. The summed E-state index contributed by atoms with van der Waals surface area (Å²) in [5.41, 5.74) is 1.85. The van der Waals surface area contributed by atoms with Gasteiger partial charge in [0.25, 0.3) is 0 Å². The van der Waals surface area contributed by atoms with Gasteiger partial charge in [-0.1, -0.05) is 11.6 Å². The van der Waals surface area contributed by atoms with E-state index < -0.39 is 5.41 Å². The van der Waals surface area contributed by atoms with Gasteiger partial charge >= 0.3 is 0 Å². The van der Waals surface area contributed by atoms with Gasteiger partial charge in [0, 0.05) is 11.4 Å². The summed E-state index contributed by atoms with van der Waals surface area (Å²) in [6, 6.07) is 6.48. The van der Waals surface area contributed by atoms with Gasteiger partial charge in [-0.05, 0) is 48.9 Å². The first-order valence-corrected chi connectivity index (χ1v) is 7.59. The van der Waals surface area contributed by atoms with Gasteiger partial charge in [0.1, 0.15) is 5.75 Å². The molecule has 0 amide bonds. The van der Waals surface area contributed by atoms with Crippen LogP contribution in [0.1, 0.15) is 30.4 Å². The highest BCUT2D eigenvalue weighted by Crippen LogP contribution is 2.50. The molecule has 0 aliphatic carbocycles. The van der Waals surface area contributed by atoms with Gasteiger partial charge in [-0.25, -0.2) is 0 Å². The van der Waals surface area contributed by atoms with E-state index in [1.807, 2.05) is 12.1 Å². The summed E-state index contributed by atoms with van der Waals surface area (Å²) in [5, 5.41) is 10.5. The number of rotatable bonds is 2. The van der Waals surface area contributed by atoms with Crippen LogP contribution in [0.5, 0.6) is 5.75 Å². The van der Waals surface area contributed by atoms with Crippen molar-refractivity contribution in [3.05, 3.63) is 28.3 Å². The molecule has 2 bridgehead atoms. The van der Waals surface area contributed by atoms with Crippen molar-refractivity contribution in [2.24, 2.45) is 5.41 Å². The molecule has 20 heavy (non-hydrogen) atoms. The van der Waals surface area contributed by atoms with Crippen molar-refractivity contribution in [1.29, 1.82) is 5.26 Å². The topological polar surface area (TPSA) is 42.2 Å². The van der Waals surface area contributed by atoms with E-state index in [4.69, 9.17) is 21.1 Å². The van der Waals surface area contributed by atoms with E-state index in [1.54, 1.807) is 0 Å². The van der Waals surface area contributed by atoms with Crippen molar-refractivity contribution in [3.8, 4) is 11.8 Å². The lowest BCUT2D eigenvalue weighted by Gasteiger charge is -2.28. The molecule has 3 unspecified atom stereocenters. The van der Waals surface area contributed by atoms with Crippen molar-refractivity contribution in [2.45, 2.75) is 44.3 Å². The fourth-order valence-corrected chi connectivity index (χ4v) is 4.22. The fourth-order valence-electron chi connectivity index (χ4n) is 3.96. The maximum absolute atomic E-state index is 9.71. The predicted octanol–water partition coefficient (Wildman–Crippen LogP) is 3.28. The number of ether oxygens (including phenoxy) is 2. The Bertz CT molecular complexity index is 609. The first-order chi connectivity index (χ1) is 9.70. The van der Waals surface area contributed by atoms with E-state index >= 15 is 0 Å². The van der Waals surface area contributed by atoms with Crippen molar-refractivity contribution in [2.75, 3.05) is 6.61 Å². The molecule has 0 radical (unpaired) electrons. The molecule has 3 atom stereocenters. The molecule has 3 aliphatic heterocycles. The molecule has 3 heterocycles. The SMILES string of the molecule is N#CC1(Cc2cc(Cl)cc3c2OCC3)CC2CCC1O2. The monoisotopic (exact) mass is 289 g/mol. The lowest BCUT2D eigenvalue weighted by atomic mass is 9.71. The third-order valence-corrected chi connectivity index (χ3v) is 5.09. The Hall–Kier alpha value is -1.24. The average molecular weight is 290 g/mol. The molecule has 2 saturated heterocycles. The van der Waals surface area contributed by atoms with Gasteiger partial charge in [0.05, 0.1) is 30.3 Å². The van der Waals surface area contributed by atoms with Crippen LogP contribution in [-0.4, -0.2) is 18.8 Å². The van der Waals surface area contributed by atoms with Crippen LogP contribution in [0.4, 0.5) is 0 Å². The van der Waals surface area contributed by atoms with E-state index in [0.29, 0.717) is 13.0 Å². The van der Waals surface area contributed by atoms with Crippen molar-refractivity contribution < 1.29 is 9.47 Å². The first kappa shape index (κ1) is 12.5. The molecule has 2 fully saturated rings. The second-order valence-electron chi connectivity index (χ2n) is 6.12. The summed E-state index contributed by atoms with van der Waals surface area (Å²) in [6.07, 6.45) is 4.88. The van der Waals surface area contributed by atoms with Gasteiger partial charge in [0.2, 0.25) is 0 Å². The molecular formula is C16H16ClNO2. The Balaban J connectivity index is 1.71. The lowest BCUT2D eigenvalue weighted by Crippen LogP contribution is -2.33. The van der Waals surface area contributed by atoms with Crippen LogP contribution in [-0.2, 0) is 17.6 Å². The standard InChI is InChI=1S/C16H16ClNO2/c17-12-5-10-3-4-19-15(10)11(6-12)7-16(9-18)8-13-1-2-14(16)20-13/h5-6,13-14H,1-4,7-8H2. The fraction of sp³-hybridized carbons (Fsp3) is 0.562. The van der Waals surface area contributed by atoms with E-state index in [0.717, 1.165) is 42.0 Å². The maximum atomic E-state index is 9.71. The molecule has 1 aromatic rings. The molecule has 3 aliphatic rings. The number of hydrogen-bond donors (Lipinski definition) is 0. The van der Waals surface area contributed by atoms with Crippen molar-refractivity contribution in [1.82, 2.24) is 0 Å². The number of fused-ring (bicyclic) bond motifs is 3. The minimum atomic E-state index is -0.396. The van der Waals surface area contributed by atoms with E-state index in [2.05, 4.69) is 6.07 Å². The Morgan fingerprint density at radius 3 is 3.00 bits per heavy atom. The highest BCUT2D eigenvalue weighted by molar-refractivity contribution is 6.30. The molecule has 0 aromatic heterocycles. The Morgan fingerprint density at radius 1 is 1.40 bits per heavy atom. The van der Waals surface area contributed by atoms with Crippen molar-refractivity contribution in [3.63, 3.8) is 0 Å². The van der Waals surface area contributed by atoms with E-state index in [-0.39, 0.29) is 12.2 Å². The van der Waals surface area contributed by atoms with Crippen LogP contribution in [0, 0.1) is 16.7 Å². The van der Waals surface area contributed by atoms with Crippen LogP contribution < -0.4 is 4.74 Å². The largest absolute Gasteiger partial charge is 0.493 e. The second kappa shape index (κ2) is 4.38. The van der Waals surface area contributed by atoms with Crippen molar-refractivity contribution >= 4 is 11.6 Å². The Labute approximate surface area is 123 Å². The number of nitrogens with zero attached hydrogens (tertiary/aromatic N) is 1. The smallest absolute Gasteiger partial charge is 0.125 e. The quantitative estimate of drug-likeness (QED) is 0.839. The zero-order chi connectivity index (χ0) is 13.7. The van der Waals surface area contributed by atoms with E-state index in [1.165, 1.54) is 5.56 Å². The Kier molecular flexibility index (Phi) is 2.73. The van der Waals surface area contributed by atoms with Crippen LogP contribution in [0.2, 0.25) is 5.02 Å². The minimum Gasteiger partial charge on any atom is -0.493 e. The third-order valence-electron chi connectivity index (χ3n) is 4.87. The first-order valence-electron chi connectivity index (χ1n) is 7.21. The molecule has 0 N–H and O–H groups in total. The van der Waals surface area contributed by atoms with E-state index in [9.17, 15) is 5.26 Å². The molecular weight excluding hydrogens is 274 g/mol. The normalized spacial score (nSPS) is 33.8. The number of hydrogen-bond acceptors (Lipinski definition) is 3. The minimum absolute atomic E-state index is 0.0773. The number of halogens is 1. The second-order valence-corrected chi connectivity index (χ2v) is 6.56. The van der Waals surface area contributed by atoms with Crippen LogP contribution in [0.25, 0.3) is 0 Å². The molecule has 1 aromatic carbocycles. The predicted molar refractivity (Wildman–Crippen MR) is 74.9 cm³/mol. The number of nitriles is 1. The zero-order valence-corrected chi connectivity index (χ0v) is 11.9. The summed E-state index contributed by atoms with van der Waals surface area (Å²) in [4.78, 5) is 0. The molecule has 0 saturated carbocycles. The summed E-state index contributed by atoms with van der Waals surface area (Å²) in [5.74, 6) is 0.951.